The van der Waals surface area contributed by atoms with Crippen LogP contribution < -0.4 is 15.1 Å². The number of hydrogen-bond acceptors (Lipinski definition) is 1. The Labute approximate surface area is 181 Å². The normalized spacial score (nSPS) is 21.3. The van der Waals surface area contributed by atoms with Crippen LogP contribution in [0.3, 0.4) is 0 Å². The smallest absolute Gasteiger partial charge is 0.282 e. The summed E-state index contributed by atoms with van der Waals surface area (Å²) < 4.78 is 0. The molecule has 2 aromatic carbocycles. The molecule has 30 heavy (non-hydrogen) atoms. The molecule has 1 aliphatic rings. The molecular weight excluding hydrogens is 370 g/mol. The van der Waals surface area contributed by atoms with E-state index in [9.17, 15) is 4.79 Å². The third-order valence-corrected chi connectivity index (χ3v) is 6.48. The number of hydrogen-bond donors (Lipinski definition) is 3. The zero-order valence-corrected chi connectivity index (χ0v) is 18.7. The maximum Gasteiger partial charge on any atom is 0.282 e. The summed E-state index contributed by atoms with van der Waals surface area (Å²) in [5, 5.41) is 3.21. The molecule has 2 aromatic rings. The lowest BCUT2D eigenvalue weighted by Gasteiger charge is -2.32. The first-order chi connectivity index (χ1) is 14.6. The number of benzene rings is 2. The SMILES string of the molecule is CC[C@H](C)c1ccccc1NC(=O)[C@@H](C)[NH+]1CC[NH+](C/C=C/c2ccccc2)CC1. The number of anilines is 1. The highest BCUT2D eigenvalue weighted by molar-refractivity contribution is 5.94. The van der Waals surface area contributed by atoms with Gasteiger partial charge >= 0.3 is 0 Å². The van der Waals surface area contributed by atoms with Crippen molar-refractivity contribution in [1.29, 1.82) is 0 Å². The number of rotatable bonds is 8. The van der Waals surface area contributed by atoms with E-state index in [4.69, 9.17) is 0 Å². The molecule has 1 saturated heterocycles. The molecule has 2 atom stereocenters. The van der Waals surface area contributed by atoms with Crippen LogP contribution in [-0.2, 0) is 4.79 Å². The summed E-state index contributed by atoms with van der Waals surface area (Å²) in [6, 6.07) is 18.6. The zero-order valence-electron chi connectivity index (χ0n) is 18.7. The van der Waals surface area contributed by atoms with E-state index in [1.165, 1.54) is 16.0 Å². The lowest BCUT2D eigenvalue weighted by atomic mass is 9.97. The van der Waals surface area contributed by atoms with Crippen molar-refractivity contribution < 1.29 is 14.6 Å². The van der Waals surface area contributed by atoms with Crippen LogP contribution in [0.5, 0.6) is 0 Å². The second-order valence-corrected chi connectivity index (χ2v) is 8.53. The highest BCUT2D eigenvalue weighted by Crippen LogP contribution is 2.26. The Hall–Kier alpha value is -2.43. The Morgan fingerprint density at radius 3 is 2.37 bits per heavy atom. The molecule has 160 valence electrons. The van der Waals surface area contributed by atoms with Crippen molar-refractivity contribution in [2.75, 3.05) is 38.0 Å². The summed E-state index contributed by atoms with van der Waals surface area (Å²) in [6.07, 6.45) is 5.55. The van der Waals surface area contributed by atoms with E-state index in [0.29, 0.717) is 5.92 Å². The predicted octanol–water partition coefficient (Wildman–Crippen LogP) is 2.02. The molecule has 0 radical (unpaired) electrons. The fourth-order valence-electron chi connectivity index (χ4n) is 4.17. The van der Waals surface area contributed by atoms with E-state index in [-0.39, 0.29) is 11.9 Å². The van der Waals surface area contributed by atoms with Crippen LogP contribution in [0, 0.1) is 0 Å². The number of quaternary nitrogens is 2. The lowest BCUT2D eigenvalue weighted by molar-refractivity contribution is -1.02. The number of para-hydroxylation sites is 1. The van der Waals surface area contributed by atoms with Gasteiger partial charge in [0.05, 0.1) is 6.54 Å². The highest BCUT2D eigenvalue weighted by Gasteiger charge is 2.31. The zero-order chi connectivity index (χ0) is 21.3. The molecule has 0 aromatic heterocycles. The highest BCUT2D eigenvalue weighted by atomic mass is 16.2. The lowest BCUT2D eigenvalue weighted by Crippen LogP contribution is -3.29. The van der Waals surface area contributed by atoms with Crippen molar-refractivity contribution in [3.63, 3.8) is 0 Å². The van der Waals surface area contributed by atoms with Gasteiger partial charge in [0.2, 0.25) is 0 Å². The van der Waals surface area contributed by atoms with Crippen LogP contribution >= 0.6 is 0 Å². The summed E-state index contributed by atoms with van der Waals surface area (Å²) in [4.78, 5) is 15.9. The molecule has 1 aliphatic heterocycles. The molecule has 0 bridgehead atoms. The Bertz CT molecular complexity index is 825. The third kappa shape index (κ3) is 6.04. The first-order valence-corrected chi connectivity index (χ1v) is 11.4. The van der Waals surface area contributed by atoms with Crippen LogP contribution in [0.2, 0.25) is 0 Å². The van der Waals surface area contributed by atoms with Gasteiger partial charge in [0, 0.05) is 5.69 Å². The van der Waals surface area contributed by atoms with E-state index in [0.717, 1.165) is 44.8 Å². The van der Waals surface area contributed by atoms with Crippen molar-refractivity contribution in [2.45, 2.75) is 39.2 Å². The standard InChI is InChI=1S/C26H35N3O/c1-4-21(2)24-14-8-9-15-25(24)27-26(30)22(3)29-19-17-28(18-20-29)16-10-13-23-11-6-5-7-12-23/h5-15,21-22H,4,16-20H2,1-3H3,(H,27,30)/p+2/b13-10+/t21-,22+/m0/s1. The molecule has 4 nitrogen and oxygen atoms in total. The maximum absolute atomic E-state index is 12.9. The topological polar surface area (TPSA) is 38.0 Å². The van der Waals surface area contributed by atoms with Crippen LogP contribution in [-0.4, -0.2) is 44.7 Å². The maximum atomic E-state index is 12.9. The molecule has 3 N–H and O–H groups in total. The van der Waals surface area contributed by atoms with Crippen molar-refractivity contribution in [1.82, 2.24) is 0 Å². The Kier molecular flexibility index (Phi) is 8.23. The van der Waals surface area contributed by atoms with Gasteiger partial charge < -0.3 is 15.1 Å². The fourth-order valence-corrected chi connectivity index (χ4v) is 4.17. The number of piperazine rings is 1. The fraction of sp³-hybridized carbons (Fsp3) is 0.423. The molecule has 4 heteroatoms. The first kappa shape index (κ1) is 22.3. The van der Waals surface area contributed by atoms with Crippen LogP contribution in [0.1, 0.15) is 44.2 Å². The minimum Gasteiger partial charge on any atom is -0.322 e. The monoisotopic (exact) mass is 407 g/mol. The molecule has 3 rings (SSSR count). The number of carbonyl (C=O) groups is 1. The average Bonchev–Trinajstić information content (AvgIpc) is 2.79. The molecule has 0 spiro atoms. The first-order valence-electron chi connectivity index (χ1n) is 11.4. The summed E-state index contributed by atoms with van der Waals surface area (Å²) in [5.41, 5.74) is 3.46. The van der Waals surface area contributed by atoms with Crippen LogP contribution in [0.15, 0.2) is 60.7 Å². The molecule has 1 heterocycles. The summed E-state index contributed by atoms with van der Waals surface area (Å²) in [7, 11) is 0. The van der Waals surface area contributed by atoms with Crippen molar-refractivity contribution in [2.24, 2.45) is 0 Å². The average molecular weight is 408 g/mol. The molecular formula is C26H37N3O+2. The van der Waals surface area contributed by atoms with Crippen molar-refractivity contribution in [3.05, 3.63) is 71.8 Å². The van der Waals surface area contributed by atoms with Gasteiger partial charge in [-0.05, 0) is 42.5 Å². The van der Waals surface area contributed by atoms with Crippen LogP contribution in [0.25, 0.3) is 6.08 Å². The van der Waals surface area contributed by atoms with E-state index < -0.39 is 0 Å². The van der Waals surface area contributed by atoms with Gasteiger partial charge in [-0.15, -0.1) is 0 Å². The van der Waals surface area contributed by atoms with E-state index >= 15 is 0 Å². The summed E-state index contributed by atoms with van der Waals surface area (Å²) >= 11 is 0. The Morgan fingerprint density at radius 2 is 1.67 bits per heavy atom. The number of carbonyl (C=O) groups excluding carboxylic acids is 1. The van der Waals surface area contributed by atoms with Gasteiger partial charge in [-0.3, -0.25) is 4.79 Å². The van der Waals surface area contributed by atoms with E-state index in [2.05, 4.69) is 74.6 Å². The largest absolute Gasteiger partial charge is 0.322 e. The van der Waals surface area contributed by atoms with Gasteiger partial charge in [0.25, 0.3) is 5.91 Å². The predicted molar refractivity (Wildman–Crippen MR) is 125 cm³/mol. The van der Waals surface area contributed by atoms with Gasteiger partial charge in [0.1, 0.15) is 26.2 Å². The minimum absolute atomic E-state index is 0.0311. The van der Waals surface area contributed by atoms with E-state index in [1.54, 1.807) is 4.90 Å². The van der Waals surface area contributed by atoms with Gasteiger partial charge in [0.15, 0.2) is 6.04 Å². The number of nitrogens with one attached hydrogen (secondary N) is 3. The van der Waals surface area contributed by atoms with Crippen molar-refractivity contribution in [3.8, 4) is 0 Å². The molecule has 0 unspecified atom stereocenters. The summed E-state index contributed by atoms with van der Waals surface area (Å²) in [5.74, 6) is 0.577. The molecule has 0 aliphatic carbocycles. The van der Waals surface area contributed by atoms with Crippen LogP contribution in [0.4, 0.5) is 5.69 Å². The van der Waals surface area contributed by atoms with Gasteiger partial charge in [-0.2, -0.15) is 0 Å². The minimum atomic E-state index is -0.0311. The molecule has 1 fully saturated rings. The third-order valence-electron chi connectivity index (χ3n) is 6.48. The molecule has 1 amide bonds. The van der Waals surface area contributed by atoms with Gasteiger partial charge in [-0.1, -0.05) is 68.5 Å². The quantitative estimate of drug-likeness (QED) is 0.616. The second kappa shape index (κ2) is 11.1. The van der Waals surface area contributed by atoms with Crippen molar-refractivity contribution >= 4 is 17.7 Å². The second-order valence-electron chi connectivity index (χ2n) is 8.53. The molecule has 0 saturated carbocycles. The van der Waals surface area contributed by atoms with Gasteiger partial charge in [-0.25, -0.2) is 0 Å². The summed E-state index contributed by atoms with van der Waals surface area (Å²) in [6.45, 7) is 11.8. The van der Waals surface area contributed by atoms with E-state index in [1.807, 2.05) is 18.2 Å². The Balaban J connectivity index is 1.48. The Morgan fingerprint density at radius 1 is 1.00 bits per heavy atom. The number of amides is 1.